The molecule has 1 aromatic carbocycles. The first kappa shape index (κ1) is 14.7. The number of likely N-dealkylation sites (tertiary alicyclic amines) is 1. The van der Waals surface area contributed by atoms with Gasteiger partial charge in [-0.1, -0.05) is 30.3 Å². The second-order valence-electron chi connectivity index (χ2n) is 5.01. The van der Waals surface area contributed by atoms with Crippen molar-refractivity contribution in [1.82, 2.24) is 9.88 Å². The second kappa shape index (κ2) is 6.64. The Hall–Kier alpha value is -0.710. The summed E-state index contributed by atoms with van der Waals surface area (Å²) in [7, 11) is 2.20. The van der Waals surface area contributed by atoms with Gasteiger partial charge in [-0.25, -0.2) is 4.98 Å². The molecule has 0 spiro atoms. The first-order chi connectivity index (χ1) is 8.83. The van der Waals surface area contributed by atoms with Crippen LogP contribution >= 0.6 is 28.3 Å². The molecular formula is C15H19BrN2S. The number of thiazole rings is 1. The number of nitrogens with zero attached hydrogens (tertiary/aromatic N) is 2. The number of aromatic nitrogens is 1. The number of benzene rings is 1. The fourth-order valence-electron chi connectivity index (χ4n) is 2.47. The minimum Gasteiger partial charge on any atom is -0.306 e. The molecule has 0 radical (unpaired) electrons. The smallest absolute Gasteiger partial charge is 0.0964 e. The zero-order valence-electron chi connectivity index (χ0n) is 11.1. The lowest BCUT2D eigenvalue weighted by Crippen LogP contribution is -2.29. The van der Waals surface area contributed by atoms with Crippen molar-refractivity contribution >= 4 is 28.3 Å². The van der Waals surface area contributed by atoms with E-state index in [1.165, 1.54) is 36.5 Å². The van der Waals surface area contributed by atoms with E-state index in [2.05, 4.69) is 41.6 Å². The van der Waals surface area contributed by atoms with Gasteiger partial charge in [-0.2, -0.15) is 0 Å². The number of halogens is 1. The van der Waals surface area contributed by atoms with Crippen LogP contribution in [0.1, 0.15) is 23.8 Å². The zero-order chi connectivity index (χ0) is 12.4. The van der Waals surface area contributed by atoms with Gasteiger partial charge >= 0.3 is 0 Å². The highest BCUT2D eigenvalue weighted by atomic mass is 79.9. The van der Waals surface area contributed by atoms with Crippen LogP contribution in [0, 0.1) is 0 Å². The average Bonchev–Trinajstić information content (AvgIpc) is 2.90. The molecule has 2 nitrogen and oxygen atoms in total. The summed E-state index contributed by atoms with van der Waals surface area (Å²) in [5.41, 5.74) is 2.36. The molecule has 0 bridgehead atoms. The molecule has 0 aliphatic carbocycles. The van der Waals surface area contributed by atoms with Crippen LogP contribution in [0.15, 0.2) is 35.7 Å². The van der Waals surface area contributed by atoms with Gasteiger partial charge in [0.25, 0.3) is 0 Å². The number of hydrogen-bond acceptors (Lipinski definition) is 3. The third-order valence-electron chi connectivity index (χ3n) is 3.66. The van der Waals surface area contributed by atoms with Gasteiger partial charge in [-0.05, 0) is 33.0 Å². The molecule has 1 aliphatic rings. The van der Waals surface area contributed by atoms with Crippen LogP contribution in [0.25, 0.3) is 11.3 Å². The Labute approximate surface area is 129 Å². The molecule has 0 amide bonds. The topological polar surface area (TPSA) is 16.1 Å². The summed E-state index contributed by atoms with van der Waals surface area (Å²) < 4.78 is 0. The molecule has 1 aliphatic heterocycles. The monoisotopic (exact) mass is 338 g/mol. The van der Waals surface area contributed by atoms with E-state index >= 15 is 0 Å². The van der Waals surface area contributed by atoms with E-state index in [0.717, 1.165) is 5.69 Å². The zero-order valence-corrected chi connectivity index (χ0v) is 13.6. The van der Waals surface area contributed by atoms with Crippen molar-refractivity contribution in [2.24, 2.45) is 0 Å². The van der Waals surface area contributed by atoms with E-state index in [0.29, 0.717) is 5.92 Å². The van der Waals surface area contributed by atoms with Crippen molar-refractivity contribution in [2.75, 3.05) is 20.1 Å². The Morgan fingerprint density at radius 2 is 1.84 bits per heavy atom. The van der Waals surface area contributed by atoms with Crippen molar-refractivity contribution in [1.29, 1.82) is 0 Å². The van der Waals surface area contributed by atoms with Gasteiger partial charge in [0.1, 0.15) is 0 Å². The summed E-state index contributed by atoms with van der Waals surface area (Å²) in [6.07, 6.45) is 2.50. The van der Waals surface area contributed by atoms with Crippen LogP contribution in [0.5, 0.6) is 0 Å². The van der Waals surface area contributed by atoms with Crippen LogP contribution in [0.4, 0.5) is 0 Å². The van der Waals surface area contributed by atoms with Crippen LogP contribution in [0.3, 0.4) is 0 Å². The molecule has 102 valence electrons. The van der Waals surface area contributed by atoms with Gasteiger partial charge in [-0.3, -0.25) is 0 Å². The Bertz CT molecular complexity index is 504. The molecule has 1 fully saturated rings. The Kier molecular flexibility index (Phi) is 5.13. The molecule has 0 saturated carbocycles. The van der Waals surface area contributed by atoms with Crippen LogP contribution < -0.4 is 0 Å². The van der Waals surface area contributed by atoms with E-state index in [-0.39, 0.29) is 17.0 Å². The first-order valence-corrected chi connectivity index (χ1v) is 7.40. The molecule has 0 unspecified atom stereocenters. The molecule has 0 N–H and O–H groups in total. The van der Waals surface area contributed by atoms with E-state index < -0.39 is 0 Å². The fraction of sp³-hybridized carbons (Fsp3) is 0.400. The summed E-state index contributed by atoms with van der Waals surface area (Å²) >= 11 is 1.82. The summed E-state index contributed by atoms with van der Waals surface area (Å²) in [6.45, 7) is 2.40. The van der Waals surface area contributed by atoms with E-state index in [1.54, 1.807) is 0 Å². The first-order valence-electron chi connectivity index (χ1n) is 6.52. The molecule has 4 heteroatoms. The third-order valence-corrected chi connectivity index (χ3v) is 4.67. The second-order valence-corrected chi connectivity index (χ2v) is 5.90. The molecule has 2 heterocycles. The van der Waals surface area contributed by atoms with Gasteiger partial charge in [0.05, 0.1) is 10.7 Å². The lowest BCUT2D eigenvalue weighted by Gasteiger charge is -2.27. The summed E-state index contributed by atoms with van der Waals surface area (Å²) in [5, 5.41) is 3.52. The van der Waals surface area contributed by atoms with Gasteiger partial charge in [-0.15, -0.1) is 28.3 Å². The van der Waals surface area contributed by atoms with Crippen molar-refractivity contribution in [2.45, 2.75) is 18.8 Å². The molecular weight excluding hydrogens is 320 g/mol. The predicted molar refractivity (Wildman–Crippen MR) is 87.3 cm³/mol. The van der Waals surface area contributed by atoms with Crippen LogP contribution in [-0.4, -0.2) is 30.0 Å². The minimum absolute atomic E-state index is 0. The van der Waals surface area contributed by atoms with Gasteiger partial charge in [0, 0.05) is 16.9 Å². The molecule has 1 aromatic heterocycles. The third kappa shape index (κ3) is 3.44. The molecule has 3 rings (SSSR count). The van der Waals surface area contributed by atoms with Crippen LogP contribution in [-0.2, 0) is 0 Å². The fourth-order valence-corrected chi connectivity index (χ4v) is 3.47. The van der Waals surface area contributed by atoms with Crippen molar-refractivity contribution in [3.63, 3.8) is 0 Å². The van der Waals surface area contributed by atoms with Crippen molar-refractivity contribution in [3.05, 3.63) is 40.7 Å². The normalized spacial score (nSPS) is 17.1. The van der Waals surface area contributed by atoms with E-state index in [9.17, 15) is 0 Å². The Balaban J connectivity index is 0.00000133. The maximum Gasteiger partial charge on any atom is 0.0964 e. The predicted octanol–water partition coefficient (Wildman–Crippen LogP) is 4.20. The standard InChI is InChI=1S/C15H18N2S.BrH/c1-17-9-7-13(8-10-17)15-16-14(11-18-15)12-5-3-2-4-6-12;/h2-6,11,13H,7-10H2,1H3;1H. The highest BCUT2D eigenvalue weighted by Gasteiger charge is 2.21. The number of rotatable bonds is 2. The van der Waals surface area contributed by atoms with Gasteiger partial charge in [0.2, 0.25) is 0 Å². The number of piperidine rings is 1. The Morgan fingerprint density at radius 1 is 1.16 bits per heavy atom. The largest absolute Gasteiger partial charge is 0.306 e. The highest BCUT2D eigenvalue weighted by Crippen LogP contribution is 2.32. The molecule has 19 heavy (non-hydrogen) atoms. The number of hydrogen-bond donors (Lipinski definition) is 0. The minimum atomic E-state index is 0. The molecule has 0 atom stereocenters. The van der Waals surface area contributed by atoms with Gasteiger partial charge in [0.15, 0.2) is 0 Å². The maximum absolute atomic E-state index is 4.83. The summed E-state index contributed by atoms with van der Waals surface area (Å²) in [5.74, 6) is 0.670. The molecule has 2 aromatic rings. The van der Waals surface area contributed by atoms with Crippen molar-refractivity contribution in [3.8, 4) is 11.3 Å². The lowest BCUT2D eigenvalue weighted by molar-refractivity contribution is 0.255. The lowest BCUT2D eigenvalue weighted by atomic mass is 9.98. The van der Waals surface area contributed by atoms with Crippen LogP contribution in [0.2, 0.25) is 0 Å². The maximum atomic E-state index is 4.83. The van der Waals surface area contributed by atoms with E-state index in [4.69, 9.17) is 4.98 Å². The Morgan fingerprint density at radius 3 is 2.53 bits per heavy atom. The molecule has 1 saturated heterocycles. The summed E-state index contributed by atoms with van der Waals surface area (Å²) in [6, 6.07) is 10.5. The van der Waals surface area contributed by atoms with Crippen molar-refractivity contribution < 1.29 is 0 Å². The highest BCUT2D eigenvalue weighted by molar-refractivity contribution is 8.93. The SMILES string of the molecule is Br.CN1CCC(c2nc(-c3ccccc3)cs2)CC1. The quantitative estimate of drug-likeness (QED) is 0.815. The average molecular weight is 339 g/mol. The van der Waals surface area contributed by atoms with Gasteiger partial charge < -0.3 is 4.90 Å². The van der Waals surface area contributed by atoms with E-state index in [1.807, 2.05) is 17.4 Å². The summed E-state index contributed by atoms with van der Waals surface area (Å²) in [4.78, 5) is 7.23.